The molecule has 2 aromatic carbocycles. The Morgan fingerprint density at radius 1 is 0.900 bits per heavy atom. The van der Waals surface area contributed by atoms with Gasteiger partial charge >= 0.3 is 0 Å². The fraction of sp³-hybridized carbons (Fsp3) is 0. The van der Waals surface area contributed by atoms with E-state index in [-0.39, 0.29) is 11.2 Å². The molecule has 0 aliphatic rings. The van der Waals surface area contributed by atoms with Gasteiger partial charge in [0.05, 0.1) is 4.90 Å². The number of hydrogen-bond acceptors (Lipinski definition) is 4. The van der Waals surface area contributed by atoms with E-state index in [0.29, 0.717) is 5.56 Å². The predicted molar refractivity (Wildman–Crippen MR) is 72.1 cm³/mol. The molecule has 6 heteroatoms. The fourth-order valence-electron chi connectivity index (χ4n) is 1.71. The Bertz CT molecular complexity index is 743. The molecular formula is C14H10O5S. The second-order valence-corrected chi connectivity index (χ2v) is 5.48. The van der Waals surface area contributed by atoms with Crippen molar-refractivity contribution < 1.29 is 22.6 Å². The Morgan fingerprint density at radius 3 is 1.75 bits per heavy atom. The van der Waals surface area contributed by atoms with E-state index < -0.39 is 15.9 Å². The van der Waals surface area contributed by atoms with E-state index >= 15 is 0 Å². The number of carbonyl (C=O) groups excluding carboxylic acids is 2. The van der Waals surface area contributed by atoms with Crippen LogP contribution in [-0.4, -0.2) is 25.0 Å². The van der Waals surface area contributed by atoms with Crippen LogP contribution in [0.5, 0.6) is 0 Å². The zero-order valence-corrected chi connectivity index (χ0v) is 11.0. The van der Waals surface area contributed by atoms with Crippen LogP contribution in [0.25, 0.3) is 11.1 Å². The summed E-state index contributed by atoms with van der Waals surface area (Å²) in [5.41, 5.74) is 1.77. The SMILES string of the molecule is O=CC(=O)c1ccc(-c2ccc(S(=O)(=O)O)cc2)cc1. The van der Waals surface area contributed by atoms with E-state index in [1.54, 1.807) is 24.3 Å². The molecule has 102 valence electrons. The smallest absolute Gasteiger partial charge is 0.294 e. The average molecular weight is 290 g/mol. The van der Waals surface area contributed by atoms with Crippen molar-refractivity contribution in [1.82, 2.24) is 0 Å². The van der Waals surface area contributed by atoms with Crippen molar-refractivity contribution in [2.75, 3.05) is 0 Å². The van der Waals surface area contributed by atoms with Gasteiger partial charge in [0.2, 0.25) is 5.78 Å². The van der Waals surface area contributed by atoms with Crippen LogP contribution in [0, 0.1) is 0 Å². The van der Waals surface area contributed by atoms with Gasteiger partial charge in [-0.25, -0.2) is 0 Å². The van der Waals surface area contributed by atoms with E-state index in [2.05, 4.69) is 0 Å². The molecule has 0 aliphatic carbocycles. The Hall–Kier alpha value is -2.31. The van der Waals surface area contributed by atoms with Crippen molar-refractivity contribution in [2.45, 2.75) is 4.90 Å². The molecule has 0 saturated heterocycles. The summed E-state index contributed by atoms with van der Waals surface area (Å²) >= 11 is 0. The molecule has 2 rings (SSSR count). The van der Waals surface area contributed by atoms with Crippen LogP contribution < -0.4 is 0 Å². The third-order valence-electron chi connectivity index (χ3n) is 2.76. The molecule has 0 aromatic heterocycles. The first-order valence-electron chi connectivity index (χ1n) is 5.59. The first kappa shape index (κ1) is 14.1. The lowest BCUT2D eigenvalue weighted by Crippen LogP contribution is -1.99. The Kier molecular flexibility index (Phi) is 3.78. The summed E-state index contributed by atoms with van der Waals surface area (Å²) in [4.78, 5) is 21.3. The molecule has 0 bridgehead atoms. The fourth-order valence-corrected chi connectivity index (χ4v) is 2.19. The molecule has 0 radical (unpaired) electrons. The maximum Gasteiger partial charge on any atom is 0.294 e. The summed E-state index contributed by atoms with van der Waals surface area (Å²) in [7, 11) is -4.21. The molecule has 0 amide bonds. The molecule has 1 N–H and O–H groups in total. The van der Waals surface area contributed by atoms with Crippen LogP contribution in [0.15, 0.2) is 53.4 Å². The first-order valence-corrected chi connectivity index (χ1v) is 7.03. The van der Waals surface area contributed by atoms with Crippen molar-refractivity contribution in [1.29, 1.82) is 0 Å². The van der Waals surface area contributed by atoms with Crippen molar-refractivity contribution >= 4 is 22.2 Å². The summed E-state index contributed by atoms with van der Waals surface area (Å²) in [5, 5.41) is 0. The van der Waals surface area contributed by atoms with Gasteiger partial charge in [-0.05, 0) is 23.3 Å². The summed E-state index contributed by atoms with van der Waals surface area (Å²) < 4.78 is 30.7. The lowest BCUT2D eigenvalue weighted by molar-refractivity contribution is -0.104. The number of ketones is 1. The van der Waals surface area contributed by atoms with Crippen molar-refractivity contribution in [3.8, 4) is 11.1 Å². The molecule has 0 unspecified atom stereocenters. The van der Waals surface area contributed by atoms with Crippen LogP contribution >= 0.6 is 0 Å². The van der Waals surface area contributed by atoms with Gasteiger partial charge in [0.15, 0.2) is 6.29 Å². The third kappa shape index (κ3) is 2.98. The van der Waals surface area contributed by atoms with E-state index in [1.807, 2.05) is 0 Å². The summed E-state index contributed by atoms with van der Waals surface area (Å²) in [6, 6.07) is 12.0. The van der Waals surface area contributed by atoms with E-state index in [4.69, 9.17) is 4.55 Å². The zero-order chi connectivity index (χ0) is 14.8. The molecule has 0 spiro atoms. The number of Topliss-reactive ketones (excluding diaryl/α,β-unsaturated/α-hetero) is 1. The normalized spacial score (nSPS) is 11.1. The number of aldehydes is 1. The Labute approximate surface area is 115 Å². The monoisotopic (exact) mass is 290 g/mol. The van der Waals surface area contributed by atoms with Gasteiger partial charge in [0.1, 0.15) is 0 Å². The van der Waals surface area contributed by atoms with Gasteiger partial charge in [-0.3, -0.25) is 14.1 Å². The molecule has 0 saturated carbocycles. The minimum atomic E-state index is -4.21. The molecule has 0 atom stereocenters. The molecule has 0 aliphatic heterocycles. The molecule has 2 aromatic rings. The average Bonchev–Trinajstić information content (AvgIpc) is 2.46. The van der Waals surface area contributed by atoms with Gasteiger partial charge in [0.25, 0.3) is 10.1 Å². The van der Waals surface area contributed by atoms with Crippen molar-refractivity contribution in [2.24, 2.45) is 0 Å². The minimum absolute atomic E-state index is 0.186. The van der Waals surface area contributed by atoms with Gasteiger partial charge in [0, 0.05) is 5.56 Å². The van der Waals surface area contributed by atoms with E-state index in [0.717, 1.165) is 11.1 Å². The minimum Gasteiger partial charge on any atom is -0.294 e. The molecule has 5 nitrogen and oxygen atoms in total. The van der Waals surface area contributed by atoms with Gasteiger partial charge < -0.3 is 0 Å². The molecular weight excluding hydrogens is 280 g/mol. The Balaban J connectivity index is 2.33. The van der Waals surface area contributed by atoms with Gasteiger partial charge in [-0.15, -0.1) is 0 Å². The maximum absolute atomic E-state index is 11.2. The van der Waals surface area contributed by atoms with Crippen LogP contribution in [0.4, 0.5) is 0 Å². The highest BCUT2D eigenvalue weighted by molar-refractivity contribution is 7.85. The first-order chi connectivity index (χ1) is 9.41. The second kappa shape index (κ2) is 5.36. The van der Waals surface area contributed by atoms with E-state index in [9.17, 15) is 18.0 Å². The van der Waals surface area contributed by atoms with Crippen LogP contribution in [0.2, 0.25) is 0 Å². The van der Waals surface area contributed by atoms with Crippen LogP contribution in [0.3, 0.4) is 0 Å². The highest BCUT2D eigenvalue weighted by atomic mass is 32.2. The second-order valence-electron chi connectivity index (χ2n) is 4.06. The zero-order valence-electron chi connectivity index (χ0n) is 10.2. The van der Waals surface area contributed by atoms with E-state index in [1.165, 1.54) is 24.3 Å². The maximum atomic E-state index is 11.2. The number of carbonyl (C=O) groups is 2. The predicted octanol–water partition coefficient (Wildman–Crippen LogP) is 1.98. The standard InChI is InChI=1S/C14H10O5S/c15-9-14(16)12-3-1-10(2-4-12)11-5-7-13(8-6-11)20(17,18)19/h1-9H,(H,17,18,19). The lowest BCUT2D eigenvalue weighted by atomic mass is 10.0. The molecule has 0 heterocycles. The number of benzene rings is 2. The number of hydrogen-bond donors (Lipinski definition) is 1. The summed E-state index contributed by atoms with van der Waals surface area (Å²) in [6.45, 7) is 0. The highest BCUT2D eigenvalue weighted by Gasteiger charge is 2.09. The van der Waals surface area contributed by atoms with Crippen molar-refractivity contribution in [3.63, 3.8) is 0 Å². The third-order valence-corrected chi connectivity index (χ3v) is 3.63. The van der Waals surface area contributed by atoms with Gasteiger partial charge in [-0.2, -0.15) is 8.42 Å². The molecule has 0 fully saturated rings. The molecule has 20 heavy (non-hydrogen) atoms. The highest BCUT2D eigenvalue weighted by Crippen LogP contribution is 2.21. The largest absolute Gasteiger partial charge is 0.294 e. The quantitative estimate of drug-likeness (QED) is 0.402. The topological polar surface area (TPSA) is 88.5 Å². The Morgan fingerprint density at radius 2 is 1.35 bits per heavy atom. The number of rotatable bonds is 4. The lowest BCUT2D eigenvalue weighted by Gasteiger charge is -2.03. The summed E-state index contributed by atoms with van der Waals surface area (Å²) in [6.07, 6.45) is 0.246. The van der Waals surface area contributed by atoms with Crippen LogP contribution in [-0.2, 0) is 14.9 Å². The van der Waals surface area contributed by atoms with Gasteiger partial charge in [-0.1, -0.05) is 36.4 Å². The summed E-state index contributed by atoms with van der Waals surface area (Å²) in [5.74, 6) is -0.599. The van der Waals surface area contributed by atoms with Crippen LogP contribution in [0.1, 0.15) is 10.4 Å². The van der Waals surface area contributed by atoms with Crippen molar-refractivity contribution in [3.05, 3.63) is 54.1 Å².